The molecule has 1 rings (SSSR count). The summed E-state index contributed by atoms with van der Waals surface area (Å²) in [6.45, 7) is 3.31. The van der Waals surface area contributed by atoms with Gasteiger partial charge in [0.2, 0.25) is 15.9 Å². The Labute approximate surface area is 141 Å². The van der Waals surface area contributed by atoms with Gasteiger partial charge in [0.15, 0.2) is 0 Å². The molecule has 0 saturated heterocycles. The summed E-state index contributed by atoms with van der Waals surface area (Å²) >= 11 is 5.72. The molecule has 1 aromatic carbocycles. The summed E-state index contributed by atoms with van der Waals surface area (Å²) in [4.78, 5) is 23.2. The fourth-order valence-corrected chi connectivity index (χ4v) is 2.93. The number of amides is 2. The van der Waals surface area contributed by atoms with Crippen molar-refractivity contribution in [1.29, 1.82) is 0 Å². The standard InChI is InChI=1S/C14H20ClN3O4S/c1-10(2)8-13(19)16-17-14(20)9-18(3)23(21,22)12-6-4-11(15)5-7-12/h4-7,10H,8-9H2,1-3H3,(H,16,19)(H,17,20). The van der Waals surface area contributed by atoms with Crippen LogP contribution in [0.25, 0.3) is 0 Å². The van der Waals surface area contributed by atoms with E-state index in [2.05, 4.69) is 10.9 Å². The lowest BCUT2D eigenvalue weighted by atomic mass is 10.1. The van der Waals surface area contributed by atoms with Crippen molar-refractivity contribution in [2.45, 2.75) is 25.2 Å². The Kier molecular flexibility index (Phi) is 6.99. The SMILES string of the molecule is CC(C)CC(=O)NNC(=O)CN(C)S(=O)(=O)c1ccc(Cl)cc1. The Morgan fingerprint density at radius 3 is 2.17 bits per heavy atom. The molecule has 0 spiro atoms. The van der Waals surface area contributed by atoms with Gasteiger partial charge >= 0.3 is 0 Å². The van der Waals surface area contributed by atoms with E-state index in [1.54, 1.807) is 0 Å². The summed E-state index contributed by atoms with van der Waals surface area (Å²) in [6, 6.07) is 5.62. The Morgan fingerprint density at radius 1 is 1.13 bits per heavy atom. The number of hydrogen-bond acceptors (Lipinski definition) is 4. The topological polar surface area (TPSA) is 95.6 Å². The number of halogens is 1. The molecule has 0 heterocycles. The molecule has 2 amide bonds. The minimum atomic E-state index is -3.81. The van der Waals surface area contributed by atoms with E-state index in [1.165, 1.54) is 31.3 Å². The first-order valence-electron chi connectivity index (χ1n) is 6.92. The normalized spacial score (nSPS) is 11.6. The predicted octanol–water partition coefficient (Wildman–Crippen LogP) is 1.15. The van der Waals surface area contributed by atoms with E-state index in [9.17, 15) is 18.0 Å². The number of hydrazine groups is 1. The maximum Gasteiger partial charge on any atom is 0.253 e. The van der Waals surface area contributed by atoms with Gasteiger partial charge < -0.3 is 0 Å². The van der Waals surface area contributed by atoms with Crippen LogP contribution in [0.3, 0.4) is 0 Å². The van der Waals surface area contributed by atoms with Crippen LogP contribution in [0.1, 0.15) is 20.3 Å². The zero-order valence-corrected chi connectivity index (χ0v) is 14.7. The zero-order valence-electron chi connectivity index (χ0n) is 13.2. The Bertz CT molecular complexity index is 659. The summed E-state index contributed by atoms with van der Waals surface area (Å²) in [7, 11) is -2.53. The maximum atomic E-state index is 12.3. The first-order chi connectivity index (χ1) is 10.6. The minimum absolute atomic E-state index is 0.0287. The second-order valence-electron chi connectivity index (χ2n) is 5.41. The molecule has 1 aromatic rings. The molecular weight excluding hydrogens is 342 g/mol. The summed E-state index contributed by atoms with van der Waals surface area (Å²) in [5, 5.41) is 0.414. The van der Waals surface area contributed by atoms with E-state index < -0.39 is 22.5 Å². The third-order valence-electron chi connectivity index (χ3n) is 2.82. The van der Waals surface area contributed by atoms with Crippen molar-refractivity contribution >= 4 is 33.4 Å². The fourth-order valence-electron chi connectivity index (χ4n) is 1.67. The molecule has 0 aliphatic rings. The fraction of sp³-hybridized carbons (Fsp3) is 0.429. The molecule has 0 radical (unpaired) electrons. The molecule has 128 valence electrons. The van der Waals surface area contributed by atoms with Gasteiger partial charge in [-0.2, -0.15) is 4.31 Å². The minimum Gasteiger partial charge on any atom is -0.273 e. The van der Waals surface area contributed by atoms with Gasteiger partial charge in [-0.15, -0.1) is 0 Å². The van der Waals surface area contributed by atoms with E-state index >= 15 is 0 Å². The van der Waals surface area contributed by atoms with Crippen LogP contribution < -0.4 is 10.9 Å². The van der Waals surface area contributed by atoms with Crippen LogP contribution in [-0.2, 0) is 19.6 Å². The van der Waals surface area contributed by atoms with E-state index in [-0.39, 0.29) is 23.1 Å². The average molecular weight is 362 g/mol. The zero-order chi connectivity index (χ0) is 17.6. The highest BCUT2D eigenvalue weighted by molar-refractivity contribution is 7.89. The number of likely N-dealkylation sites (N-methyl/N-ethyl adjacent to an activating group) is 1. The number of nitrogens with one attached hydrogen (secondary N) is 2. The Morgan fingerprint density at radius 2 is 1.65 bits per heavy atom. The lowest BCUT2D eigenvalue weighted by Gasteiger charge is -2.17. The second-order valence-corrected chi connectivity index (χ2v) is 7.89. The van der Waals surface area contributed by atoms with Crippen molar-refractivity contribution in [2.24, 2.45) is 5.92 Å². The first-order valence-corrected chi connectivity index (χ1v) is 8.74. The van der Waals surface area contributed by atoms with Crippen molar-refractivity contribution in [3.63, 3.8) is 0 Å². The number of rotatable bonds is 6. The molecule has 0 unspecified atom stereocenters. The highest BCUT2D eigenvalue weighted by Crippen LogP contribution is 2.17. The number of benzene rings is 1. The molecule has 0 saturated carbocycles. The molecule has 2 N–H and O–H groups in total. The van der Waals surface area contributed by atoms with Gasteiger partial charge in [-0.25, -0.2) is 8.42 Å². The van der Waals surface area contributed by atoms with Crippen molar-refractivity contribution in [3.8, 4) is 0 Å². The van der Waals surface area contributed by atoms with E-state index in [0.29, 0.717) is 5.02 Å². The third kappa shape index (κ3) is 6.17. The number of sulfonamides is 1. The highest BCUT2D eigenvalue weighted by Gasteiger charge is 2.23. The third-order valence-corrected chi connectivity index (χ3v) is 4.89. The number of carbonyl (C=O) groups is 2. The van der Waals surface area contributed by atoms with Crippen LogP contribution in [0, 0.1) is 5.92 Å². The van der Waals surface area contributed by atoms with Gasteiger partial charge in [-0.05, 0) is 30.2 Å². The number of nitrogens with zero attached hydrogens (tertiary/aromatic N) is 1. The van der Waals surface area contributed by atoms with Gasteiger partial charge in [-0.3, -0.25) is 20.4 Å². The van der Waals surface area contributed by atoms with Gasteiger partial charge in [0.05, 0.1) is 11.4 Å². The highest BCUT2D eigenvalue weighted by atomic mass is 35.5. The molecule has 0 aliphatic carbocycles. The van der Waals surface area contributed by atoms with Crippen LogP contribution >= 0.6 is 11.6 Å². The molecule has 0 atom stereocenters. The Hall–Kier alpha value is -1.64. The molecule has 0 aliphatic heterocycles. The van der Waals surface area contributed by atoms with Crippen LogP contribution in [0.2, 0.25) is 5.02 Å². The van der Waals surface area contributed by atoms with Crippen molar-refractivity contribution in [3.05, 3.63) is 29.3 Å². The van der Waals surface area contributed by atoms with Gasteiger partial charge in [0.25, 0.3) is 5.91 Å². The summed E-state index contributed by atoms with van der Waals surface area (Å²) < 4.78 is 25.4. The summed E-state index contributed by atoms with van der Waals surface area (Å²) in [5.41, 5.74) is 4.43. The van der Waals surface area contributed by atoms with Crippen LogP contribution in [0.4, 0.5) is 0 Å². The van der Waals surface area contributed by atoms with Crippen LogP contribution in [0.5, 0.6) is 0 Å². The molecule has 0 aromatic heterocycles. The number of hydrogen-bond donors (Lipinski definition) is 2. The van der Waals surface area contributed by atoms with Gasteiger partial charge in [0.1, 0.15) is 0 Å². The molecule has 23 heavy (non-hydrogen) atoms. The first kappa shape index (κ1) is 19.4. The molecule has 0 bridgehead atoms. The van der Waals surface area contributed by atoms with Gasteiger partial charge in [0, 0.05) is 18.5 Å². The molecule has 0 fully saturated rings. The molecular formula is C14H20ClN3O4S. The van der Waals surface area contributed by atoms with E-state index in [0.717, 1.165) is 4.31 Å². The second kappa shape index (κ2) is 8.28. The number of carbonyl (C=O) groups excluding carboxylic acids is 2. The van der Waals surface area contributed by atoms with Crippen molar-refractivity contribution in [2.75, 3.05) is 13.6 Å². The molecule has 9 heteroatoms. The predicted molar refractivity (Wildman–Crippen MR) is 87.0 cm³/mol. The largest absolute Gasteiger partial charge is 0.273 e. The molecule has 7 nitrogen and oxygen atoms in total. The smallest absolute Gasteiger partial charge is 0.253 e. The van der Waals surface area contributed by atoms with E-state index in [4.69, 9.17) is 11.6 Å². The average Bonchev–Trinajstić information content (AvgIpc) is 2.44. The van der Waals surface area contributed by atoms with E-state index in [1.807, 2.05) is 13.8 Å². The van der Waals surface area contributed by atoms with Gasteiger partial charge in [-0.1, -0.05) is 25.4 Å². The maximum absolute atomic E-state index is 12.3. The quantitative estimate of drug-likeness (QED) is 0.743. The Balaban J connectivity index is 2.60. The lowest BCUT2D eigenvalue weighted by molar-refractivity contribution is -0.129. The monoisotopic (exact) mass is 361 g/mol. The van der Waals surface area contributed by atoms with Crippen molar-refractivity contribution < 1.29 is 18.0 Å². The lowest BCUT2D eigenvalue weighted by Crippen LogP contribution is -2.46. The summed E-state index contributed by atoms with van der Waals surface area (Å²) in [6.07, 6.45) is 0.263. The summed E-state index contributed by atoms with van der Waals surface area (Å²) in [5.74, 6) is -0.821. The van der Waals surface area contributed by atoms with Crippen molar-refractivity contribution in [1.82, 2.24) is 15.2 Å². The van der Waals surface area contributed by atoms with Crippen LogP contribution in [0.15, 0.2) is 29.2 Å². The van der Waals surface area contributed by atoms with Crippen LogP contribution in [-0.4, -0.2) is 38.1 Å².